The number of fused-ring (bicyclic) bond motifs is 1. The van der Waals surface area contributed by atoms with Gasteiger partial charge in [-0.2, -0.15) is 0 Å². The van der Waals surface area contributed by atoms with Crippen molar-refractivity contribution in [2.45, 2.75) is 6.54 Å². The van der Waals surface area contributed by atoms with Gasteiger partial charge in [0.05, 0.1) is 5.69 Å². The van der Waals surface area contributed by atoms with Crippen molar-refractivity contribution in [2.75, 3.05) is 11.9 Å². The minimum absolute atomic E-state index is 0.0414. The van der Waals surface area contributed by atoms with E-state index in [1.165, 1.54) is 0 Å². The molecule has 2 N–H and O–H groups in total. The van der Waals surface area contributed by atoms with Crippen LogP contribution >= 0.6 is 12.6 Å². The molecule has 0 aliphatic carbocycles. The molecule has 5 nitrogen and oxygen atoms in total. The predicted octanol–water partition coefficient (Wildman–Crippen LogP) is 1.16. The maximum Gasteiger partial charge on any atom is 0.276 e. The van der Waals surface area contributed by atoms with Crippen molar-refractivity contribution < 1.29 is 14.3 Å². The van der Waals surface area contributed by atoms with Gasteiger partial charge < -0.3 is 15.4 Å². The largest absolute Gasteiger partial charge is 0.482 e. The van der Waals surface area contributed by atoms with Crippen molar-refractivity contribution in [1.29, 1.82) is 0 Å². The van der Waals surface area contributed by atoms with Gasteiger partial charge in [0.25, 0.3) is 11.1 Å². The Morgan fingerprint density at radius 1 is 1.56 bits per heavy atom. The molecule has 0 unspecified atom stereocenters. The van der Waals surface area contributed by atoms with Gasteiger partial charge >= 0.3 is 0 Å². The molecule has 0 aromatic heterocycles. The maximum absolute atomic E-state index is 11.1. The van der Waals surface area contributed by atoms with Crippen LogP contribution in [-0.2, 0) is 11.3 Å². The molecule has 84 valence electrons. The van der Waals surface area contributed by atoms with Crippen LogP contribution in [-0.4, -0.2) is 17.8 Å². The van der Waals surface area contributed by atoms with Crippen molar-refractivity contribution in [3.8, 4) is 5.75 Å². The van der Waals surface area contributed by atoms with Gasteiger partial charge in [-0.05, 0) is 17.7 Å². The van der Waals surface area contributed by atoms with Crippen LogP contribution in [0, 0.1) is 0 Å². The molecule has 0 spiro atoms. The maximum atomic E-state index is 11.1. The van der Waals surface area contributed by atoms with Crippen LogP contribution in [0.15, 0.2) is 18.2 Å². The number of amides is 2. The summed E-state index contributed by atoms with van der Waals surface area (Å²) in [6.07, 6.45) is 0. The number of carbonyl (C=O) groups is 2. The quantitative estimate of drug-likeness (QED) is 0.677. The number of benzene rings is 1. The third-order valence-corrected chi connectivity index (χ3v) is 2.28. The zero-order valence-corrected chi connectivity index (χ0v) is 9.21. The first kappa shape index (κ1) is 10.8. The van der Waals surface area contributed by atoms with Gasteiger partial charge in [0.1, 0.15) is 5.75 Å². The molecular weight excluding hydrogens is 228 g/mol. The number of carbonyl (C=O) groups excluding carboxylic acids is 2. The number of rotatable bonds is 2. The van der Waals surface area contributed by atoms with E-state index in [-0.39, 0.29) is 12.5 Å². The Hall–Kier alpha value is -1.69. The number of hydrogen-bond donors (Lipinski definition) is 3. The summed E-state index contributed by atoms with van der Waals surface area (Å²) >= 11 is 3.60. The number of anilines is 1. The first-order valence-corrected chi connectivity index (χ1v) is 5.12. The molecule has 6 heteroatoms. The summed E-state index contributed by atoms with van der Waals surface area (Å²) in [4.78, 5) is 21.7. The fraction of sp³-hybridized carbons (Fsp3) is 0.200. The van der Waals surface area contributed by atoms with Crippen LogP contribution in [0.5, 0.6) is 5.75 Å². The van der Waals surface area contributed by atoms with Gasteiger partial charge in [0.15, 0.2) is 6.61 Å². The second-order valence-electron chi connectivity index (χ2n) is 3.33. The topological polar surface area (TPSA) is 67.4 Å². The number of thiol groups is 1. The molecule has 0 bridgehead atoms. The average molecular weight is 238 g/mol. The summed E-state index contributed by atoms with van der Waals surface area (Å²) < 4.78 is 5.20. The van der Waals surface area contributed by atoms with Gasteiger partial charge in [-0.25, -0.2) is 0 Å². The SMILES string of the molecule is O=C(S)NCc1ccc2c(c1)NC(=O)CO2. The lowest BCUT2D eigenvalue weighted by Crippen LogP contribution is -2.25. The second kappa shape index (κ2) is 4.44. The number of ether oxygens (including phenoxy) is 1. The molecule has 1 aliphatic rings. The minimum atomic E-state index is -0.391. The normalized spacial score (nSPS) is 13.4. The summed E-state index contributed by atoms with van der Waals surface area (Å²) in [5.74, 6) is 0.462. The minimum Gasteiger partial charge on any atom is -0.482 e. The monoisotopic (exact) mass is 238 g/mol. The first-order valence-electron chi connectivity index (χ1n) is 4.67. The van der Waals surface area contributed by atoms with E-state index in [2.05, 4.69) is 23.3 Å². The Morgan fingerprint density at radius 3 is 3.12 bits per heavy atom. The molecule has 2 rings (SSSR count). The van der Waals surface area contributed by atoms with Crippen molar-refractivity contribution in [2.24, 2.45) is 0 Å². The van der Waals surface area contributed by atoms with Gasteiger partial charge in [-0.15, -0.1) is 0 Å². The highest BCUT2D eigenvalue weighted by molar-refractivity contribution is 7.96. The van der Waals surface area contributed by atoms with Crippen LogP contribution < -0.4 is 15.4 Å². The van der Waals surface area contributed by atoms with Crippen molar-refractivity contribution in [1.82, 2.24) is 5.32 Å². The molecule has 0 fully saturated rings. The van der Waals surface area contributed by atoms with E-state index in [0.29, 0.717) is 18.0 Å². The second-order valence-corrected chi connectivity index (χ2v) is 3.73. The van der Waals surface area contributed by atoms with Crippen LogP contribution in [0.2, 0.25) is 0 Å². The number of hydrogen-bond acceptors (Lipinski definition) is 3. The van der Waals surface area contributed by atoms with Gasteiger partial charge in [-0.3, -0.25) is 9.59 Å². The highest BCUT2D eigenvalue weighted by Crippen LogP contribution is 2.28. The zero-order chi connectivity index (χ0) is 11.5. The molecule has 16 heavy (non-hydrogen) atoms. The summed E-state index contributed by atoms with van der Waals surface area (Å²) in [6.45, 7) is 0.408. The van der Waals surface area contributed by atoms with E-state index in [4.69, 9.17) is 4.74 Å². The highest BCUT2D eigenvalue weighted by atomic mass is 32.1. The lowest BCUT2D eigenvalue weighted by atomic mass is 10.1. The average Bonchev–Trinajstić information content (AvgIpc) is 2.25. The predicted molar refractivity (Wildman–Crippen MR) is 61.8 cm³/mol. The lowest BCUT2D eigenvalue weighted by molar-refractivity contribution is -0.118. The third-order valence-electron chi connectivity index (χ3n) is 2.12. The van der Waals surface area contributed by atoms with E-state index in [9.17, 15) is 9.59 Å². The van der Waals surface area contributed by atoms with E-state index in [1.54, 1.807) is 12.1 Å². The first-order chi connectivity index (χ1) is 7.65. The summed E-state index contributed by atoms with van der Waals surface area (Å²) in [5, 5.41) is 4.85. The van der Waals surface area contributed by atoms with E-state index in [0.717, 1.165) is 5.56 Å². The Kier molecular flexibility index (Phi) is 3.00. The van der Waals surface area contributed by atoms with E-state index >= 15 is 0 Å². The standard InChI is InChI=1S/C10H10N2O3S/c13-9-5-15-8-2-1-6(3-7(8)12-9)4-11-10(14)16/h1-3H,4-5H2,(H,12,13)(H2,11,14,16). The van der Waals surface area contributed by atoms with Crippen LogP contribution in [0.3, 0.4) is 0 Å². The summed E-state index contributed by atoms with van der Waals surface area (Å²) in [7, 11) is 0. The third kappa shape index (κ3) is 2.46. The van der Waals surface area contributed by atoms with Crippen LogP contribution in [0.25, 0.3) is 0 Å². The number of nitrogens with one attached hydrogen (secondary N) is 2. The smallest absolute Gasteiger partial charge is 0.276 e. The fourth-order valence-corrected chi connectivity index (χ4v) is 1.50. The van der Waals surface area contributed by atoms with Gasteiger partial charge in [0, 0.05) is 6.54 Å². The molecule has 0 saturated carbocycles. The summed E-state index contributed by atoms with van der Waals surface area (Å²) in [6, 6.07) is 5.34. The van der Waals surface area contributed by atoms with Gasteiger partial charge in [0.2, 0.25) is 0 Å². The Balaban J connectivity index is 2.14. The Bertz CT molecular complexity index is 448. The molecule has 2 amide bonds. The molecule has 1 aromatic rings. The van der Waals surface area contributed by atoms with Crippen molar-refractivity contribution >= 4 is 29.5 Å². The molecule has 0 saturated heterocycles. The van der Waals surface area contributed by atoms with Crippen LogP contribution in [0.1, 0.15) is 5.56 Å². The van der Waals surface area contributed by atoms with Gasteiger partial charge in [-0.1, -0.05) is 18.7 Å². The summed E-state index contributed by atoms with van der Waals surface area (Å²) in [5.41, 5.74) is 1.49. The molecule has 0 radical (unpaired) electrons. The Labute approximate surface area is 97.6 Å². The molecule has 0 atom stereocenters. The van der Waals surface area contributed by atoms with E-state index in [1.807, 2.05) is 6.07 Å². The molecule has 1 aromatic carbocycles. The Morgan fingerprint density at radius 2 is 2.38 bits per heavy atom. The molecular formula is C10H10N2O3S. The van der Waals surface area contributed by atoms with Crippen molar-refractivity contribution in [3.63, 3.8) is 0 Å². The lowest BCUT2D eigenvalue weighted by Gasteiger charge is -2.18. The van der Waals surface area contributed by atoms with Crippen LogP contribution in [0.4, 0.5) is 10.5 Å². The molecule has 1 aliphatic heterocycles. The van der Waals surface area contributed by atoms with Crippen molar-refractivity contribution in [3.05, 3.63) is 23.8 Å². The zero-order valence-electron chi connectivity index (χ0n) is 8.32. The fourth-order valence-electron chi connectivity index (χ4n) is 1.42. The molecule has 1 heterocycles. The highest BCUT2D eigenvalue weighted by Gasteiger charge is 2.15. The van der Waals surface area contributed by atoms with E-state index < -0.39 is 5.24 Å².